The van der Waals surface area contributed by atoms with Crippen LogP contribution in [-0.4, -0.2) is 16.1 Å². The molecule has 104 valence electrons. The van der Waals surface area contributed by atoms with Crippen molar-refractivity contribution in [2.75, 3.05) is 0 Å². The molecule has 1 aromatic heterocycles. The quantitative estimate of drug-likeness (QED) is 0.879. The molecule has 4 nitrogen and oxygen atoms in total. The van der Waals surface area contributed by atoms with E-state index in [0.717, 1.165) is 0 Å². The summed E-state index contributed by atoms with van der Waals surface area (Å²) in [6.07, 6.45) is 3.00. The molecule has 5 heteroatoms. The van der Waals surface area contributed by atoms with Crippen molar-refractivity contribution in [2.45, 2.75) is 19.4 Å². The summed E-state index contributed by atoms with van der Waals surface area (Å²) in [5, 5.41) is 10.4. The van der Waals surface area contributed by atoms with Crippen molar-refractivity contribution in [1.29, 1.82) is 0 Å². The number of phenols is 1. The molecule has 0 fully saturated rings. The Morgan fingerprint density at radius 1 is 1.35 bits per heavy atom. The number of ether oxygens (including phenoxy) is 1. The normalized spacial score (nSPS) is 11.2. The third kappa shape index (κ3) is 3.08. The predicted octanol–water partition coefficient (Wildman–Crippen LogP) is 3.53. The number of aromatic hydroxyl groups is 1. The maximum Gasteiger partial charge on any atom is 0.340 e. The van der Waals surface area contributed by atoms with Crippen LogP contribution in [0.2, 0.25) is 5.02 Å². The molecular weight excluding hydrogens is 278 g/mol. The van der Waals surface area contributed by atoms with Gasteiger partial charge in [0, 0.05) is 23.0 Å². The van der Waals surface area contributed by atoms with Crippen molar-refractivity contribution in [3.63, 3.8) is 0 Å². The van der Waals surface area contributed by atoms with Crippen LogP contribution in [0.15, 0.2) is 42.7 Å². The molecule has 0 spiro atoms. The lowest BCUT2D eigenvalue weighted by Gasteiger charge is -2.26. The Balaban J connectivity index is 2.27. The molecule has 0 aliphatic rings. The van der Waals surface area contributed by atoms with Gasteiger partial charge in [0.2, 0.25) is 0 Å². The first-order valence-corrected chi connectivity index (χ1v) is 6.40. The second-order valence-electron chi connectivity index (χ2n) is 4.80. The molecule has 0 saturated heterocycles. The number of carbonyl (C=O) groups excluding carboxylic acids is 1. The number of rotatable bonds is 3. The summed E-state index contributed by atoms with van der Waals surface area (Å²) in [6, 6.07) is 7.88. The molecule has 0 amide bonds. The van der Waals surface area contributed by atoms with Crippen LogP contribution < -0.4 is 0 Å². The van der Waals surface area contributed by atoms with Gasteiger partial charge in [-0.25, -0.2) is 4.79 Å². The maximum atomic E-state index is 12.1. The third-order valence-corrected chi connectivity index (χ3v) is 3.09. The number of esters is 1. The second kappa shape index (κ2) is 5.51. The van der Waals surface area contributed by atoms with E-state index in [4.69, 9.17) is 16.3 Å². The maximum absolute atomic E-state index is 12.1. The highest BCUT2D eigenvalue weighted by Gasteiger charge is 2.29. The zero-order valence-electron chi connectivity index (χ0n) is 11.1. The lowest BCUT2D eigenvalue weighted by atomic mass is 9.97. The van der Waals surface area contributed by atoms with Crippen LogP contribution in [0.4, 0.5) is 0 Å². The first-order valence-electron chi connectivity index (χ1n) is 6.02. The molecule has 0 radical (unpaired) electrons. The highest BCUT2D eigenvalue weighted by atomic mass is 35.5. The summed E-state index contributed by atoms with van der Waals surface area (Å²) in [4.78, 5) is 15.9. The zero-order valence-corrected chi connectivity index (χ0v) is 11.9. The van der Waals surface area contributed by atoms with Crippen molar-refractivity contribution in [1.82, 2.24) is 4.98 Å². The molecule has 0 unspecified atom stereocenters. The Morgan fingerprint density at radius 3 is 2.75 bits per heavy atom. The minimum atomic E-state index is -1.01. The van der Waals surface area contributed by atoms with Gasteiger partial charge in [0.15, 0.2) is 0 Å². The minimum absolute atomic E-state index is 0.0263. The standard InChI is InChI=1S/C15H14ClNO3/c1-15(2,12-8-11(16)5-6-13(12)18)20-14(19)10-4-3-7-17-9-10/h3-9,18H,1-2H3. The molecule has 20 heavy (non-hydrogen) atoms. The zero-order chi connectivity index (χ0) is 14.8. The summed E-state index contributed by atoms with van der Waals surface area (Å²) >= 11 is 5.91. The summed E-state index contributed by atoms with van der Waals surface area (Å²) in [6.45, 7) is 3.37. The highest BCUT2D eigenvalue weighted by molar-refractivity contribution is 6.30. The fourth-order valence-electron chi connectivity index (χ4n) is 1.82. The van der Waals surface area contributed by atoms with Gasteiger partial charge in [0.25, 0.3) is 0 Å². The number of benzene rings is 1. The Morgan fingerprint density at radius 2 is 2.10 bits per heavy atom. The number of pyridine rings is 1. The lowest BCUT2D eigenvalue weighted by Crippen LogP contribution is -2.25. The van der Waals surface area contributed by atoms with E-state index in [1.807, 2.05) is 0 Å². The van der Waals surface area contributed by atoms with Crippen LogP contribution in [0, 0.1) is 0 Å². The average molecular weight is 292 g/mol. The van der Waals surface area contributed by atoms with Gasteiger partial charge in [-0.1, -0.05) is 11.6 Å². The van der Waals surface area contributed by atoms with E-state index in [1.54, 1.807) is 44.3 Å². The van der Waals surface area contributed by atoms with Gasteiger partial charge in [-0.3, -0.25) is 4.98 Å². The molecule has 1 heterocycles. The van der Waals surface area contributed by atoms with E-state index >= 15 is 0 Å². The molecule has 0 aliphatic carbocycles. The molecule has 0 saturated carbocycles. The van der Waals surface area contributed by atoms with Crippen LogP contribution in [0.25, 0.3) is 0 Å². The molecule has 2 rings (SSSR count). The van der Waals surface area contributed by atoms with Crippen LogP contribution in [-0.2, 0) is 10.3 Å². The van der Waals surface area contributed by atoms with Gasteiger partial charge in [-0.2, -0.15) is 0 Å². The van der Waals surface area contributed by atoms with E-state index in [1.165, 1.54) is 12.3 Å². The first-order chi connectivity index (χ1) is 9.40. The monoisotopic (exact) mass is 291 g/mol. The van der Waals surface area contributed by atoms with Gasteiger partial charge >= 0.3 is 5.97 Å². The molecular formula is C15H14ClNO3. The molecule has 0 atom stereocenters. The van der Waals surface area contributed by atoms with Crippen molar-refractivity contribution in [3.8, 4) is 5.75 Å². The summed E-state index contributed by atoms with van der Waals surface area (Å²) in [5.74, 6) is -0.485. The number of aromatic nitrogens is 1. The summed E-state index contributed by atoms with van der Waals surface area (Å²) < 4.78 is 5.45. The minimum Gasteiger partial charge on any atom is -0.508 e. The Hall–Kier alpha value is -2.07. The second-order valence-corrected chi connectivity index (χ2v) is 5.24. The van der Waals surface area contributed by atoms with Crippen molar-refractivity contribution >= 4 is 17.6 Å². The third-order valence-electron chi connectivity index (χ3n) is 2.85. The van der Waals surface area contributed by atoms with Crippen LogP contribution in [0.5, 0.6) is 5.75 Å². The van der Waals surface area contributed by atoms with Crippen molar-refractivity contribution < 1.29 is 14.6 Å². The number of hydrogen-bond acceptors (Lipinski definition) is 4. The van der Waals surface area contributed by atoms with Gasteiger partial charge in [0.05, 0.1) is 5.56 Å². The topological polar surface area (TPSA) is 59.4 Å². The van der Waals surface area contributed by atoms with Gasteiger partial charge in [0.1, 0.15) is 11.4 Å². The summed E-state index contributed by atoms with van der Waals surface area (Å²) in [5.41, 5.74) is -0.216. The number of hydrogen-bond donors (Lipinski definition) is 1. The Labute approximate surface area is 122 Å². The number of carbonyl (C=O) groups is 1. The Bertz CT molecular complexity index is 626. The fraction of sp³-hybridized carbons (Fsp3) is 0.200. The van der Waals surface area contributed by atoms with Gasteiger partial charge in [-0.15, -0.1) is 0 Å². The van der Waals surface area contributed by atoms with Crippen LogP contribution in [0.1, 0.15) is 29.8 Å². The van der Waals surface area contributed by atoms with Crippen LogP contribution >= 0.6 is 11.6 Å². The first kappa shape index (κ1) is 14.3. The molecule has 1 N–H and O–H groups in total. The number of nitrogens with zero attached hydrogens (tertiary/aromatic N) is 1. The predicted molar refractivity (Wildman–Crippen MR) is 75.8 cm³/mol. The largest absolute Gasteiger partial charge is 0.508 e. The molecule has 0 aliphatic heterocycles. The molecule has 2 aromatic rings. The lowest BCUT2D eigenvalue weighted by molar-refractivity contribution is -0.00397. The van der Waals surface area contributed by atoms with Crippen molar-refractivity contribution in [3.05, 3.63) is 58.9 Å². The van der Waals surface area contributed by atoms with Gasteiger partial charge < -0.3 is 9.84 Å². The van der Waals surface area contributed by atoms with E-state index < -0.39 is 11.6 Å². The fourth-order valence-corrected chi connectivity index (χ4v) is 1.99. The van der Waals surface area contributed by atoms with E-state index in [9.17, 15) is 9.90 Å². The average Bonchev–Trinajstić information content (AvgIpc) is 2.42. The molecule has 1 aromatic carbocycles. The van der Waals surface area contributed by atoms with E-state index in [-0.39, 0.29) is 5.75 Å². The SMILES string of the molecule is CC(C)(OC(=O)c1cccnc1)c1cc(Cl)ccc1O. The highest BCUT2D eigenvalue weighted by Crippen LogP contribution is 2.34. The van der Waals surface area contributed by atoms with E-state index in [0.29, 0.717) is 16.1 Å². The van der Waals surface area contributed by atoms with Gasteiger partial charge in [-0.05, 0) is 44.2 Å². The molecule has 0 bridgehead atoms. The summed E-state index contributed by atoms with van der Waals surface area (Å²) in [7, 11) is 0. The Kier molecular flexibility index (Phi) is 3.95. The van der Waals surface area contributed by atoms with E-state index in [2.05, 4.69) is 4.98 Å². The number of phenolic OH excluding ortho intramolecular Hbond substituents is 1. The van der Waals surface area contributed by atoms with Crippen molar-refractivity contribution in [2.24, 2.45) is 0 Å². The number of halogens is 1. The van der Waals surface area contributed by atoms with Crippen LogP contribution in [0.3, 0.4) is 0 Å². The smallest absolute Gasteiger partial charge is 0.340 e.